The molecule has 2 aromatic rings. The summed E-state index contributed by atoms with van der Waals surface area (Å²) >= 11 is 0. The number of likely N-dealkylation sites (tertiary alicyclic amines) is 1. The molecule has 32 heavy (non-hydrogen) atoms. The highest BCUT2D eigenvalue weighted by Crippen LogP contribution is 2.22. The second-order valence-corrected chi connectivity index (χ2v) is 9.56. The Bertz CT molecular complexity index is 880. The van der Waals surface area contributed by atoms with Gasteiger partial charge in [0, 0.05) is 44.8 Å². The van der Waals surface area contributed by atoms with Crippen molar-refractivity contribution >= 4 is 5.97 Å². The van der Waals surface area contributed by atoms with E-state index in [4.69, 9.17) is 4.74 Å². The van der Waals surface area contributed by atoms with Gasteiger partial charge < -0.3 is 4.74 Å². The van der Waals surface area contributed by atoms with Gasteiger partial charge in [0.15, 0.2) is 0 Å². The van der Waals surface area contributed by atoms with Gasteiger partial charge in [-0.2, -0.15) is 0 Å². The van der Waals surface area contributed by atoms with E-state index in [1.165, 1.54) is 49.7 Å². The smallest absolute Gasteiger partial charge is 0.337 e. The number of ether oxygens (including phenoxy) is 1. The summed E-state index contributed by atoms with van der Waals surface area (Å²) in [5.41, 5.74) is 4.71. The fourth-order valence-corrected chi connectivity index (χ4v) is 5.27. The molecule has 2 heterocycles. The van der Waals surface area contributed by atoms with Gasteiger partial charge in [-0.05, 0) is 68.6 Å². The molecule has 0 saturated carbocycles. The van der Waals surface area contributed by atoms with Gasteiger partial charge in [0.1, 0.15) is 0 Å². The molecule has 2 aliphatic rings. The van der Waals surface area contributed by atoms with E-state index in [0.717, 1.165) is 32.7 Å². The van der Waals surface area contributed by atoms with Crippen LogP contribution in [-0.2, 0) is 24.4 Å². The topological polar surface area (TPSA) is 36.0 Å². The van der Waals surface area contributed by atoms with Crippen LogP contribution in [0.3, 0.4) is 0 Å². The van der Waals surface area contributed by atoms with Crippen LogP contribution in [0.25, 0.3) is 0 Å². The Balaban J connectivity index is 1.33. The van der Waals surface area contributed by atoms with Crippen LogP contribution in [0.5, 0.6) is 0 Å². The molecule has 0 N–H and O–H groups in total. The van der Waals surface area contributed by atoms with E-state index in [0.29, 0.717) is 17.6 Å². The van der Waals surface area contributed by atoms with Crippen molar-refractivity contribution in [1.29, 1.82) is 0 Å². The Labute approximate surface area is 193 Å². The zero-order valence-corrected chi connectivity index (χ0v) is 19.8. The Morgan fingerprint density at radius 2 is 1.44 bits per heavy atom. The second-order valence-electron chi connectivity index (χ2n) is 9.56. The van der Waals surface area contributed by atoms with Crippen molar-refractivity contribution in [3.05, 3.63) is 70.8 Å². The Morgan fingerprint density at radius 3 is 2.03 bits per heavy atom. The molecule has 5 heteroatoms. The minimum atomic E-state index is -0.281. The standard InChI is InChI=1S/C27H37N3O2/c1-21-16-29(19-25-8-6-7-24(15-25)18-28-13-4-5-14-28)17-22(2)30(21)20-23-9-11-26(12-10-23)27(31)32-3/h6-12,15,21-22H,4-5,13-14,16-20H2,1-3H3/t21-,22+. The van der Waals surface area contributed by atoms with Gasteiger partial charge in [0.05, 0.1) is 12.7 Å². The Morgan fingerprint density at radius 1 is 0.844 bits per heavy atom. The number of methoxy groups -OCH3 is 1. The van der Waals surface area contributed by atoms with Crippen LogP contribution < -0.4 is 0 Å². The molecule has 5 nitrogen and oxygen atoms in total. The van der Waals surface area contributed by atoms with E-state index in [1.54, 1.807) is 0 Å². The number of hydrogen-bond acceptors (Lipinski definition) is 5. The van der Waals surface area contributed by atoms with E-state index in [2.05, 4.69) is 52.8 Å². The SMILES string of the molecule is COC(=O)c1ccc(CN2[C@H](C)CN(Cc3cccc(CN4CCCC4)c3)C[C@@H]2C)cc1. The summed E-state index contributed by atoms with van der Waals surface area (Å²) in [4.78, 5) is 19.4. The number of benzene rings is 2. The number of esters is 1. The monoisotopic (exact) mass is 435 g/mol. The Hall–Kier alpha value is -2.21. The number of carbonyl (C=O) groups is 1. The van der Waals surface area contributed by atoms with E-state index >= 15 is 0 Å². The maximum atomic E-state index is 11.7. The van der Waals surface area contributed by atoms with Gasteiger partial charge in [-0.3, -0.25) is 14.7 Å². The quantitative estimate of drug-likeness (QED) is 0.610. The molecule has 172 valence electrons. The van der Waals surface area contributed by atoms with Crippen molar-refractivity contribution in [3.63, 3.8) is 0 Å². The molecule has 2 aliphatic heterocycles. The minimum absolute atomic E-state index is 0.281. The van der Waals surface area contributed by atoms with Crippen LogP contribution >= 0.6 is 0 Å². The molecule has 2 saturated heterocycles. The van der Waals surface area contributed by atoms with Crippen LogP contribution in [0.15, 0.2) is 48.5 Å². The average molecular weight is 436 g/mol. The van der Waals surface area contributed by atoms with E-state index in [-0.39, 0.29) is 5.97 Å². The Kier molecular flexibility index (Phi) is 7.61. The van der Waals surface area contributed by atoms with Crippen LogP contribution in [0.4, 0.5) is 0 Å². The summed E-state index contributed by atoms with van der Waals surface area (Å²) in [5.74, 6) is -0.281. The maximum absolute atomic E-state index is 11.7. The second kappa shape index (κ2) is 10.6. The lowest BCUT2D eigenvalue weighted by atomic mass is 10.0. The first-order chi connectivity index (χ1) is 15.5. The van der Waals surface area contributed by atoms with Gasteiger partial charge in [0.2, 0.25) is 0 Å². The van der Waals surface area contributed by atoms with E-state index in [1.807, 2.05) is 24.3 Å². The number of piperazine rings is 1. The van der Waals surface area contributed by atoms with Gasteiger partial charge in [-0.15, -0.1) is 0 Å². The third-order valence-corrected chi connectivity index (χ3v) is 6.92. The van der Waals surface area contributed by atoms with Crippen LogP contribution in [-0.4, -0.2) is 66.0 Å². The summed E-state index contributed by atoms with van der Waals surface area (Å²) in [5, 5.41) is 0. The third-order valence-electron chi connectivity index (χ3n) is 6.92. The summed E-state index contributed by atoms with van der Waals surface area (Å²) in [6.45, 7) is 12.3. The molecule has 0 aromatic heterocycles. The first kappa shape index (κ1) is 23.0. The third kappa shape index (κ3) is 5.77. The van der Waals surface area contributed by atoms with Gasteiger partial charge in [-0.1, -0.05) is 36.4 Å². The van der Waals surface area contributed by atoms with Crippen LogP contribution in [0.2, 0.25) is 0 Å². The fourth-order valence-electron chi connectivity index (χ4n) is 5.27. The molecular weight excluding hydrogens is 398 g/mol. The lowest BCUT2D eigenvalue weighted by Crippen LogP contribution is -2.55. The maximum Gasteiger partial charge on any atom is 0.337 e. The van der Waals surface area contributed by atoms with Crippen molar-refractivity contribution in [2.75, 3.05) is 33.3 Å². The minimum Gasteiger partial charge on any atom is -0.465 e. The number of nitrogens with zero attached hydrogens (tertiary/aromatic N) is 3. The van der Waals surface area contributed by atoms with Crippen molar-refractivity contribution in [3.8, 4) is 0 Å². The molecule has 2 aromatic carbocycles. The fraction of sp³-hybridized carbons (Fsp3) is 0.519. The van der Waals surface area contributed by atoms with Crippen molar-refractivity contribution in [2.24, 2.45) is 0 Å². The molecule has 0 radical (unpaired) electrons. The molecular formula is C27H37N3O2. The molecule has 0 aliphatic carbocycles. The molecule has 2 atom stereocenters. The zero-order chi connectivity index (χ0) is 22.5. The molecule has 4 rings (SSSR count). The lowest BCUT2D eigenvalue weighted by molar-refractivity contribution is 0.0290. The van der Waals surface area contributed by atoms with Gasteiger partial charge in [-0.25, -0.2) is 4.79 Å². The number of hydrogen-bond donors (Lipinski definition) is 0. The van der Waals surface area contributed by atoms with Gasteiger partial charge in [0.25, 0.3) is 0 Å². The summed E-state index contributed by atoms with van der Waals surface area (Å²) in [6, 6.07) is 18.0. The predicted molar refractivity (Wildman–Crippen MR) is 128 cm³/mol. The summed E-state index contributed by atoms with van der Waals surface area (Å²) in [6.07, 6.45) is 2.68. The average Bonchev–Trinajstić information content (AvgIpc) is 3.29. The zero-order valence-electron chi connectivity index (χ0n) is 19.8. The summed E-state index contributed by atoms with van der Waals surface area (Å²) < 4.78 is 4.80. The van der Waals surface area contributed by atoms with Crippen molar-refractivity contribution < 1.29 is 9.53 Å². The molecule has 0 spiro atoms. The van der Waals surface area contributed by atoms with Crippen LogP contribution in [0, 0.1) is 0 Å². The highest BCUT2D eigenvalue weighted by Gasteiger charge is 2.29. The summed E-state index contributed by atoms with van der Waals surface area (Å²) in [7, 11) is 1.42. The first-order valence-electron chi connectivity index (χ1n) is 12.0. The first-order valence-corrected chi connectivity index (χ1v) is 12.0. The highest BCUT2D eigenvalue weighted by atomic mass is 16.5. The lowest BCUT2D eigenvalue weighted by Gasteiger charge is -2.44. The van der Waals surface area contributed by atoms with E-state index in [9.17, 15) is 4.79 Å². The van der Waals surface area contributed by atoms with E-state index < -0.39 is 0 Å². The number of rotatable bonds is 7. The highest BCUT2D eigenvalue weighted by molar-refractivity contribution is 5.89. The molecule has 0 bridgehead atoms. The number of carbonyl (C=O) groups excluding carboxylic acids is 1. The van der Waals surface area contributed by atoms with Crippen molar-refractivity contribution in [2.45, 2.75) is 58.4 Å². The molecule has 0 amide bonds. The largest absolute Gasteiger partial charge is 0.465 e. The normalized spacial score (nSPS) is 22.8. The molecule has 0 unspecified atom stereocenters. The molecule has 2 fully saturated rings. The van der Waals surface area contributed by atoms with Gasteiger partial charge >= 0.3 is 5.97 Å². The predicted octanol–water partition coefficient (Wildman–Crippen LogP) is 4.16. The van der Waals surface area contributed by atoms with Crippen molar-refractivity contribution in [1.82, 2.24) is 14.7 Å². The van der Waals surface area contributed by atoms with Crippen LogP contribution in [0.1, 0.15) is 53.7 Å².